The Bertz CT molecular complexity index is 468. The van der Waals surface area contributed by atoms with E-state index in [1.54, 1.807) is 6.20 Å². The summed E-state index contributed by atoms with van der Waals surface area (Å²) in [5.41, 5.74) is 2.10. The van der Waals surface area contributed by atoms with E-state index < -0.39 is 0 Å². The second kappa shape index (κ2) is 4.38. The first-order valence-corrected chi connectivity index (χ1v) is 5.55. The number of rotatable bonds is 4. The van der Waals surface area contributed by atoms with Gasteiger partial charge in [0.2, 0.25) is 5.95 Å². The van der Waals surface area contributed by atoms with Crippen molar-refractivity contribution in [2.24, 2.45) is 7.05 Å². The molecule has 2 aromatic heterocycles. The highest BCUT2D eigenvalue weighted by Crippen LogP contribution is 2.18. The number of aryl methyl sites for hydroxylation is 3. The first-order valence-electron chi connectivity index (χ1n) is 5.55. The molecule has 0 aliphatic carbocycles. The summed E-state index contributed by atoms with van der Waals surface area (Å²) in [4.78, 5) is 4.28. The van der Waals surface area contributed by atoms with Crippen molar-refractivity contribution in [3.63, 3.8) is 0 Å². The van der Waals surface area contributed by atoms with E-state index in [9.17, 15) is 0 Å². The highest BCUT2D eigenvalue weighted by molar-refractivity contribution is 5.55. The third kappa shape index (κ3) is 1.93. The number of anilines is 2. The summed E-state index contributed by atoms with van der Waals surface area (Å²) in [6.07, 6.45) is 6.65. The second-order valence-electron chi connectivity index (χ2n) is 3.68. The normalized spacial score (nSPS) is 10.7. The maximum atomic E-state index is 4.38. The van der Waals surface area contributed by atoms with Crippen LogP contribution in [0, 0.1) is 0 Å². The van der Waals surface area contributed by atoms with Crippen molar-refractivity contribution in [2.75, 3.05) is 5.32 Å². The van der Waals surface area contributed by atoms with Gasteiger partial charge in [0, 0.05) is 32.2 Å². The average molecular weight is 219 g/mol. The van der Waals surface area contributed by atoms with Crippen LogP contribution in [0.2, 0.25) is 0 Å². The van der Waals surface area contributed by atoms with E-state index in [2.05, 4.69) is 33.8 Å². The van der Waals surface area contributed by atoms with Crippen molar-refractivity contribution < 1.29 is 0 Å². The SMILES string of the molecule is CCc1nn(C)cc1Nc1nccn1CC. The number of aromatic nitrogens is 4. The third-order valence-electron chi connectivity index (χ3n) is 2.54. The van der Waals surface area contributed by atoms with Crippen LogP contribution in [0.15, 0.2) is 18.6 Å². The van der Waals surface area contributed by atoms with Gasteiger partial charge in [0.1, 0.15) is 0 Å². The molecule has 5 heteroatoms. The van der Waals surface area contributed by atoms with Crippen LogP contribution in [0.5, 0.6) is 0 Å². The van der Waals surface area contributed by atoms with Gasteiger partial charge in [-0.3, -0.25) is 4.68 Å². The summed E-state index contributed by atoms with van der Waals surface area (Å²) in [7, 11) is 1.93. The first-order chi connectivity index (χ1) is 7.74. The number of imidazole rings is 1. The zero-order chi connectivity index (χ0) is 11.5. The predicted octanol–water partition coefficient (Wildman–Crippen LogP) is 1.94. The molecular formula is C11H17N5. The van der Waals surface area contributed by atoms with E-state index >= 15 is 0 Å². The van der Waals surface area contributed by atoms with Crippen molar-refractivity contribution in [1.82, 2.24) is 19.3 Å². The van der Waals surface area contributed by atoms with Gasteiger partial charge in [0.25, 0.3) is 0 Å². The molecule has 0 unspecified atom stereocenters. The molecule has 2 aromatic rings. The van der Waals surface area contributed by atoms with E-state index in [0.29, 0.717) is 0 Å². The first kappa shape index (κ1) is 10.7. The number of nitrogens with zero attached hydrogens (tertiary/aromatic N) is 4. The topological polar surface area (TPSA) is 47.7 Å². The minimum absolute atomic E-state index is 0.866. The van der Waals surface area contributed by atoms with Crippen LogP contribution >= 0.6 is 0 Å². The zero-order valence-corrected chi connectivity index (χ0v) is 9.94. The summed E-state index contributed by atoms with van der Waals surface area (Å²) in [6.45, 7) is 5.10. The van der Waals surface area contributed by atoms with Gasteiger partial charge < -0.3 is 9.88 Å². The lowest BCUT2D eigenvalue weighted by molar-refractivity contribution is 0.746. The molecule has 0 radical (unpaired) electrons. The van der Waals surface area contributed by atoms with Crippen LogP contribution in [-0.2, 0) is 20.0 Å². The van der Waals surface area contributed by atoms with Crippen LogP contribution in [0.4, 0.5) is 11.6 Å². The summed E-state index contributed by atoms with van der Waals surface area (Å²) in [5.74, 6) is 0.866. The van der Waals surface area contributed by atoms with Gasteiger partial charge >= 0.3 is 0 Å². The molecule has 5 nitrogen and oxygen atoms in total. The second-order valence-corrected chi connectivity index (χ2v) is 3.68. The zero-order valence-electron chi connectivity index (χ0n) is 9.94. The average Bonchev–Trinajstić information content (AvgIpc) is 2.85. The van der Waals surface area contributed by atoms with Crippen molar-refractivity contribution in [2.45, 2.75) is 26.8 Å². The number of hydrogen-bond donors (Lipinski definition) is 1. The van der Waals surface area contributed by atoms with Crippen molar-refractivity contribution in [1.29, 1.82) is 0 Å². The molecule has 0 saturated carbocycles. The fourth-order valence-electron chi connectivity index (χ4n) is 1.71. The molecule has 0 saturated heterocycles. The van der Waals surface area contributed by atoms with Gasteiger partial charge in [0.15, 0.2) is 0 Å². The Morgan fingerprint density at radius 3 is 2.88 bits per heavy atom. The molecule has 1 N–H and O–H groups in total. The molecule has 2 heterocycles. The smallest absolute Gasteiger partial charge is 0.207 e. The minimum Gasteiger partial charge on any atom is -0.323 e. The van der Waals surface area contributed by atoms with Gasteiger partial charge in [-0.25, -0.2) is 4.98 Å². The lowest BCUT2D eigenvalue weighted by Gasteiger charge is -2.06. The van der Waals surface area contributed by atoms with E-state index in [0.717, 1.165) is 30.3 Å². The molecule has 0 atom stereocenters. The maximum absolute atomic E-state index is 4.38. The molecule has 0 spiro atoms. The van der Waals surface area contributed by atoms with E-state index in [-0.39, 0.29) is 0 Å². The lowest BCUT2D eigenvalue weighted by atomic mass is 10.3. The number of nitrogens with one attached hydrogen (secondary N) is 1. The fourth-order valence-corrected chi connectivity index (χ4v) is 1.71. The van der Waals surface area contributed by atoms with Crippen LogP contribution in [-0.4, -0.2) is 19.3 Å². The highest BCUT2D eigenvalue weighted by atomic mass is 15.3. The Morgan fingerprint density at radius 1 is 1.38 bits per heavy atom. The van der Waals surface area contributed by atoms with Crippen molar-refractivity contribution in [3.8, 4) is 0 Å². The van der Waals surface area contributed by atoms with Crippen molar-refractivity contribution >= 4 is 11.6 Å². The summed E-state index contributed by atoms with van der Waals surface area (Å²) >= 11 is 0. The Labute approximate surface area is 95.1 Å². The van der Waals surface area contributed by atoms with Crippen molar-refractivity contribution in [3.05, 3.63) is 24.3 Å². The standard InChI is InChI=1S/C11H17N5/c1-4-9-10(8-15(3)14-9)13-11-12-6-7-16(11)5-2/h6-8H,4-5H2,1-3H3,(H,12,13). The summed E-state index contributed by atoms with van der Waals surface area (Å²) in [6, 6.07) is 0. The molecule has 0 amide bonds. The molecule has 0 bridgehead atoms. The minimum atomic E-state index is 0.866. The molecule has 0 fully saturated rings. The summed E-state index contributed by atoms with van der Waals surface area (Å²) in [5, 5.41) is 7.69. The molecular weight excluding hydrogens is 202 g/mol. The lowest BCUT2D eigenvalue weighted by Crippen LogP contribution is -2.02. The molecule has 0 aliphatic rings. The maximum Gasteiger partial charge on any atom is 0.207 e. The van der Waals surface area contributed by atoms with Crippen LogP contribution < -0.4 is 5.32 Å². The fraction of sp³-hybridized carbons (Fsp3) is 0.455. The monoisotopic (exact) mass is 219 g/mol. The van der Waals surface area contributed by atoms with E-state index in [1.165, 1.54) is 0 Å². The summed E-state index contributed by atoms with van der Waals surface area (Å²) < 4.78 is 3.88. The van der Waals surface area contributed by atoms with Crippen LogP contribution in [0.25, 0.3) is 0 Å². The van der Waals surface area contributed by atoms with Gasteiger partial charge in [0.05, 0.1) is 11.4 Å². The van der Waals surface area contributed by atoms with Gasteiger partial charge in [-0.1, -0.05) is 6.92 Å². The molecule has 0 aromatic carbocycles. The highest BCUT2D eigenvalue weighted by Gasteiger charge is 2.08. The predicted molar refractivity (Wildman–Crippen MR) is 63.8 cm³/mol. The third-order valence-corrected chi connectivity index (χ3v) is 2.54. The molecule has 86 valence electrons. The van der Waals surface area contributed by atoms with Crippen LogP contribution in [0.1, 0.15) is 19.5 Å². The largest absolute Gasteiger partial charge is 0.323 e. The Hall–Kier alpha value is -1.78. The van der Waals surface area contributed by atoms with E-state index in [4.69, 9.17) is 0 Å². The van der Waals surface area contributed by atoms with Crippen LogP contribution in [0.3, 0.4) is 0 Å². The Balaban J connectivity index is 2.26. The Morgan fingerprint density at radius 2 is 2.19 bits per heavy atom. The number of hydrogen-bond acceptors (Lipinski definition) is 3. The Kier molecular flexibility index (Phi) is 2.94. The molecule has 16 heavy (non-hydrogen) atoms. The molecule has 0 aliphatic heterocycles. The van der Waals surface area contributed by atoms with Gasteiger partial charge in [-0.05, 0) is 13.3 Å². The van der Waals surface area contributed by atoms with Gasteiger partial charge in [-0.2, -0.15) is 5.10 Å². The van der Waals surface area contributed by atoms with E-state index in [1.807, 2.05) is 24.1 Å². The van der Waals surface area contributed by atoms with Gasteiger partial charge in [-0.15, -0.1) is 0 Å². The quantitative estimate of drug-likeness (QED) is 0.855. The molecule has 2 rings (SSSR count).